The van der Waals surface area contributed by atoms with E-state index in [0.717, 1.165) is 132 Å². The summed E-state index contributed by atoms with van der Waals surface area (Å²) in [6.45, 7) is 0. The lowest BCUT2D eigenvalue weighted by atomic mass is 9.91. The molecule has 464 valence electrons. The highest BCUT2D eigenvalue weighted by molar-refractivity contribution is 6.27. The SMILES string of the molecule is c1ccc(-c2cccc(-c3nc(-c4ccc5c6ccc(-c7ccc(-c8nc9ccccc9n8-c8nc(-c9ccc%10c%11ccccc%11c%11ccccc%11c%10c9)nc(-c9cccc%10ccccc9%10)n8)cc7)cc6c6ccccc6c5c4)nc(-n4c(-c5ccccc5)nc5ccccc54)n3)c2)cc1. The summed E-state index contributed by atoms with van der Waals surface area (Å²) in [5.74, 6) is 4.65. The van der Waals surface area contributed by atoms with Crippen LogP contribution in [-0.2, 0) is 0 Å². The van der Waals surface area contributed by atoms with E-state index in [2.05, 4.69) is 282 Å². The lowest BCUT2D eigenvalue weighted by Crippen LogP contribution is -2.08. The van der Waals surface area contributed by atoms with E-state index in [1.54, 1.807) is 0 Å². The number of benzene rings is 16. The van der Waals surface area contributed by atoms with Gasteiger partial charge in [-0.05, 0) is 146 Å². The van der Waals surface area contributed by atoms with Gasteiger partial charge in [0, 0.05) is 33.4 Å². The Kier molecular flexibility index (Phi) is 13.0. The maximum Gasteiger partial charge on any atom is 0.240 e. The number of para-hydroxylation sites is 4. The molecule has 20 rings (SSSR count). The fourth-order valence-corrected chi connectivity index (χ4v) is 14.9. The highest BCUT2D eigenvalue weighted by Gasteiger charge is 2.24. The van der Waals surface area contributed by atoms with Gasteiger partial charge in [-0.2, -0.15) is 19.9 Å². The molecule has 0 fully saturated rings. The van der Waals surface area contributed by atoms with Crippen LogP contribution < -0.4 is 0 Å². The fourth-order valence-electron chi connectivity index (χ4n) is 14.9. The predicted molar refractivity (Wildman–Crippen MR) is 408 cm³/mol. The largest absolute Gasteiger partial charge is 0.260 e. The summed E-state index contributed by atoms with van der Waals surface area (Å²) in [5, 5.41) is 16.1. The second-order valence-electron chi connectivity index (χ2n) is 25.4. The van der Waals surface area contributed by atoms with Gasteiger partial charge < -0.3 is 0 Å². The van der Waals surface area contributed by atoms with Crippen LogP contribution in [0.25, 0.3) is 200 Å². The highest BCUT2D eigenvalue weighted by atomic mass is 15.2. The molecule has 0 atom stereocenters. The van der Waals surface area contributed by atoms with Gasteiger partial charge in [0.05, 0.1) is 22.1 Å². The van der Waals surface area contributed by atoms with Crippen LogP contribution in [0.2, 0.25) is 0 Å². The van der Waals surface area contributed by atoms with Crippen molar-refractivity contribution in [1.82, 2.24) is 49.0 Å². The van der Waals surface area contributed by atoms with Crippen molar-refractivity contribution in [3.8, 4) is 102 Å². The van der Waals surface area contributed by atoms with E-state index in [9.17, 15) is 0 Å². The topological polar surface area (TPSA) is 113 Å². The third-order valence-corrected chi connectivity index (χ3v) is 19.6. The molecule has 0 radical (unpaired) electrons. The summed E-state index contributed by atoms with van der Waals surface area (Å²) in [7, 11) is 0. The minimum Gasteiger partial charge on any atom is -0.260 e. The zero-order valence-corrected chi connectivity index (χ0v) is 53.6. The number of fused-ring (bicyclic) bond motifs is 15. The maximum absolute atomic E-state index is 5.45. The van der Waals surface area contributed by atoms with Gasteiger partial charge in [0.25, 0.3) is 0 Å². The van der Waals surface area contributed by atoms with Crippen molar-refractivity contribution in [3.63, 3.8) is 0 Å². The van der Waals surface area contributed by atoms with Gasteiger partial charge in [0.15, 0.2) is 23.3 Å². The van der Waals surface area contributed by atoms with Gasteiger partial charge in [-0.25, -0.2) is 19.9 Å². The summed E-state index contributed by atoms with van der Waals surface area (Å²) in [5.41, 5.74) is 13.2. The molecule has 0 aliphatic heterocycles. The smallest absolute Gasteiger partial charge is 0.240 e. The van der Waals surface area contributed by atoms with Crippen LogP contribution in [0, 0.1) is 0 Å². The van der Waals surface area contributed by atoms with Gasteiger partial charge in [0.2, 0.25) is 11.9 Å². The standard InChI is InChI=1S/C90H54N10/c1-3-21-55(22-4-1)60-27-19-28-62(51-60)83-93-84(96-89(95-83)99-81-39-17-15-37-79(81)91-87(99)58-24-5-2-6-25-58)63-47-50-74-73-48-45-61(52-76(73)70-34-13-14-35-71(70)78(74)53-63)56-41-43-59(44-42-56)88-92-80-38-16-18-40-82(80)100(88)90-97-85(94-86(98-90)75-36-20-26-57-23-7-8-29-65(57)75)64-46-49-72-68-32-10-9-30-66(68)67-31-11-12-33-69(67)77(72)54-64/h1-54H. The van der Waals surface area contributed by atoms with E-state index in [-0.39, 0.29) is 0 Å². The van der Waals surface area contributed by atoms with Crippen LogP contribution in [-0.4, -0.2) is 49.0 Å². The number of rotatable bonds is 10. The van der Waals surface area contributed by atoms with E-state index < -0.39 is 0 Å². The molecule has 20 aromatic rings. The molecule has 10 heteroatoms. The predicted octanol–water partition coefficient (Wildman–Crippen LogP) is 22.1. The molecule has 10 nitrogen and oxygen atoms in total. The van der Waals surface area contributed by atoms with Crippen LogP contribution in [0.3, 0.4) is 0 Å². The molecule has 16 aromatic carbocycles. The second-order valence-corrected chi connectivity index (χ2v) is 25.4. The third-order valence-electron chi connectivity index (χ3n) is 19.6. The van der Waals surface area contributed by atoms with Crippen molar-refractivity contribution in [2.45, 2.75) is 0 Å². The lowest BCUT2D eigenvalue weighted by molar-refractivity contribution is 0.929. The Labute approximate surface area is 573 Å². The molecule has 0 bridgehead atoms. The zero-order valence-electron chi connectivity index (χ0n) is 53.6. The Morgan fingerprint density at radius 1 is 0.180 bits per heavy atom. The van der Waals surface area contributed by atoms with E-state index in [1.165, 1.54) is 26.9 Å². The Balaban J connectivity index is 0.701. The number of hydrogen-bond donors (Lipinski definition) is 0. The minimum absolute atomic E-state index is 0.471. The summed E-state index contributed by atoms with van der Waals surface area (Å²) in [4.78, 5) is 42.8. The molecule has 0 unspecified atom stereocenters. The molecule has 0 spiro atoms. The maximum atomic E-state index is 5.45. The molecule has 0 aliphatic carbocycles. The first-order chi connectivity index (χ1) is 49.5. The van der Waals surface area contributed by atoms with E-state index in [0.29, 0.717) is 41.0 Å². The average Bonchev–Trinajstić information content (AvgIpc) is 1.40. The highest BCUT2D eigenvalue weighted by Crippen LogP contribution is 2.42. The Bertz CT molecular complexity index is 6660. The first-order valence-corrected chi connectivity index (χ1v) is 33.6. The Hall–Kier alpha value is -13.7. The van der Waals surface area contributed by atoms with E-state index >= 15 is 0 Å². The first kappa shape index (κ1) is 56.6. The van der Waals surface area contributed by atoms with E-state index in [1.807, 2.05) is 54.6 Å². The second kappa shape index (κ2) is 23.0. The van der Waals surface area contributed by atoms with Crippen molar-refractivity contribution in [3.05, 3.63) is 328 Å². The van der Waals surface area contributed by atoms with Gasteiger partial charge in [-0.1, -0.05) is 279 Å². The normalized spacial score (nSPS) is 11.8. The Morgan fingerprint density at radius 3 is 1.04 bits per heavy atom. The summed E-state index contributed by atoms with van der Waals surface area (Å²) < 4.78 is 4.16. The van der Waals surface area contributed by atoms with Gasteiger partial charge in [-0.3, -0.25) is 9.13 Å². The molecule has 4 aromatic heterocycles. The number of imidazole rings is 2. The van der Waals surface area contributed by atoms with Crippen LogP contribution in [0.5, 0.6) is 0 Å². The van der Waals surface area contributed by atoms with Crippen LogP contribution in [0.15, 0.2) is 328 Å². The van der Waals surface area contributed by atoms with Crippen molar-refractivity contribution >= 4 is 97.5 Å². The molecular formula is C90H54N10. The van der Waals surface area contributed by atoms with Crippen molar-refractivity contribution in [1.29, 1.82) is 0 Å². The quantitative estimate of drug-likeness (QED) is 0.124. The Morgan fingerprint density at radius 2 is 0.500 bits per heavy atom. The molecule has 0 N–H and O–H groups in total. The summed E-state index contributed by atoms with van der Waals surface area (Å²) in [6.07, 6.45) is 0. The minimum atomic E-state index is 0.471. The molecule has 0 saturated heterocycles. The molecule has 100 heavy (non-hydrogen) atoms. The molecule has 0 aliphatic rings. The molecule has 0 amide bonds. The summed E-state index contributed by atoms with van der Waals surface area (Å²) >= 11 is 0. The van der Waals surface area contributed by atoms with Crippen LogP contribution in [0.4, 0.5) is 0 Å². The van der Waals surface area contributed by atoms with Crippen LogP contribution in [0.1, 0.15) is 0 Å². The average molecular weight is 1280 g/mol. The molecule has 4 heterocycles. The van der Waals surface area contributed by atoms with E-state index in [4.69, 9.17) is 39.9 Å². The van der Waals surface area contributed by atoms with Gasteiger partial charge in [0.1, 0.15) is 11.6 Å². The molecule has 0 saturated carbocycles. The number of aromatic nitrogens is 10. The lowest BCUT2D eigenvalue weighted by Gasteiger charge is -2.15. The fraction of sp³-hybridized carbons (Fsp3) is 0. The van der Waals surface area contributed by atoms with Gasteiger partial charge >= 0.3 is 0 Å². The number of nitrogens with zero attached hydrogens (tertiary/aromatic N) is 10. The monoisotopic (exact) mass is 1270 g/mol. The number of hydrogen-bond acceptors (Lipinski definition) is 8. The van der Waals surface area contributed by atoms with Crippen molar-refractivity contribution in [2.24, 2.45) is 0 Å². The van der Waals surface area contributed by atoms with Crippen LogP contribution >= 0.6 is 0 Å². The third kappa shape index (κ3) is 9.41. The van der Waals surface area contributed by atoms with Gasteiger partial charge in [-0.15, -0.1) is 0 Å². The zero-order chi connectivity index (χ0) is 65.8. The summed E-state index contributed by atoms with van der Waals surface area (Å²) in [6, 6.07) is 115. The van der Waals surface area contributed by atoms with Crippen molar-refractivity contribution in [2.75, 3.05) is 0 Å². The molecular weight excluding hydrogens is 1220 g/mol. The first-order valence-electron chi connectivity index (χ1n) is 33.6. The van der Waals surface area contributed by atoms with Crippen molar-refractivity contribution < 1.29 is 0 Å².